The Morgan fingerprint density at radius 1 is 1.56 bits per heavy atom. The molecular formula is C7H10O2. The Morgan fingerprint density at radius 3 is 3.00 bits per heavy atom. The van der Waals surface area contributed by atoms with E-state index in [0.29, 0.717) is 6.10 Å². The van der Waals surface area contributed by atoms with Crippen LogP contribution < -0.4 is 0 Å². The summed E-state index contributed by atoms with van der Waals surface area (Å²) < 4.78 is 10.2. The summed E-state index contributed by atoms with van der Waals surface area (Å²) in [6.07, 6.45) is 4.61. The monoisotopic (exact) mass is 126 g/mol. The summed E-state index contributed by atoms with van der Waals surface area (Å²) >= 11 is 0. The summed E-state index contributed by atoms with van der Waals surface area (Å²) in [6.45, 7) is 1.80. The maximum atomic E-state index is 5.14. The molecule has 0 aromatic carbocycles. The third-order valence-corrected chi connectivity index (χ3v) is 1.71. The zero-order valence-electron chi connectivity index (χ0n) is 5.30. The van der Waals surface area contributed by atoms with Gasteiger partial charge in [0.25, 0.3) is 0 Å². The van der Waals surface area contributed by atoms with Crippen LogP contribution in [0.2, 0.25) is 0 Å². The van der Waals surface area contributed by atoms with E-state index in [4.69, 9.17) is 9.47 Å². The first kappa shape index (κ1) is 5.30. The minimum Gasteiger partial charge on any atom is -0.501 e. The van der Waals surface area contributed by atoms with Crippen LogP contribution in [0.1, 0.15) is 12.8 Å². The van der Waals surface area contributed by atoms with Gasteiger partial charge in [0.15, 0.2) is 0 Å². The quantitative estimate of drug-likeness (QED) is 0.490. The van der Waals surface area contributed by atoms with Crippen molar-refractivity contribution in [2.24, 2.45) is 0 Å². The topological polar surface area (TPSA) is 21.8 Å². The van der Waals surface area contributed by atoms with E-state index in [1.807, 2.05) is 6.26 Å². The Morgan fingerprint density at radius 2 is 2.44 bits per heavy atom. The number of hydrogen-bond acceptors (Lipinski definition) is 2. The third-order valence-electron chi connectivity index (χ3n) is 1.71. The second-order valence-electron chi connectivity index (χ2n) is 2.49. The molecule has 2 nitrogen and oxygen atoms in total. The van der Waals surface area contributed by atoms with Gasteiger partial charge in [0.1, 0.15) is 6.10 Å². The van der Waals surface area contributed by atoms with Gasteiger partial charge in [-0.3, -0.25) is 0 Å². The van der Waals surface area contributed by atoms with E-state index in [1.165, 1.54) is 12.0 Å². The highest BCUT2D eigenvalue weighted by Crippen LogP contribution is 2.25. The van der Waals surface area contributed by atoms with Crippen molar-refractivity contribution in [3.05, 3.63) is 11.8 Å². The molecule has 50 valence electrons. The highest BCUT2D eigenvalue weighted by molar-refractivity contribution is 5.11. The molecule has 1 atom stereocenters. The molecule has 1 saturated heterocycles. The van der Waals surface area contributed by atoms with Crippen LogP contribution in [0, 0.1) is 0 Å². The van der Waals surface area contributed by atoms with Crippen molar-refractivity contribution in [3.63, 3.8) is 0 Å². The van der Waals surface area contributed by atoms with Crippen molar-refractivity contribution in [2.75, 3.05) is 13.2 Å². The number of ether oxygens (including phenoxy) is 2. The molecule has 1 fully saturated rings. The highest BCUT2D eigenvalue weighted by Gasteiger charge is 2.28. The van der Waals surface area contributed by atoms with Crippen LogP contribution in [0.3, 0.4) is 0 Å². The summed E-state index contributed by atoms with van der Waals surface area (Å²) in [6, 6.07) is 0. The first-order valence-corrected chi connectivity index (χ1v) is 3.39. The van der Waals surface area contributed by atoms with Gasteiger partial charge in [-0.05, 0) is 18.4 Å². The highest BCUT2D eigenvalue weighted by atomic mass is 16.6. The number of rotatable bonds is 1. The van der Waals surface area contributed by atoms with Crippen molar-refractivity contribution >= 4 is 0 Å². The fourth-order valence-electron chi connectivity index (χ4n) is 1.08. The summed E-state index contributed by atoms with van der Waals surface area (Å²) in [5.41, 5.74) is 1.35. The maximum Gasteiger partial charge on any atom is 0.105 e. The largest absolute Gasteiger partial charge is 0.501 e. The predicted molar refractivity (Wildman–Crippen MR) is 33.0 cm³/mol. The van der Waals surface area contributed by atoms with Gasteiger partial charge < -0.3 is 9.47 Å². The molecule has 0 radical (unpaired) electrons. The summed E-state index contributed by atoms with van der Waals surface area (Å²) in [5, 5.41) is 0. The van der Waals surface area contributed by atoms with Crippen molar-refractivity contribution in [2.45, 2.75) is 18.9 Å². The zero-order valence-corrected chi connectivity index (χ0v) is 5.30. The van der Waals surface area contributed by atoms with Gasteiger partial charge in [0.05, 0.1) is 19.5 Å². The van der Waals surface area contributed by atoms with Gasteiger partial charge in [-0.25, -0.2) is 0 Å². The average Bonchev–Trinajstić information content (AvgIpc) is 2.71. The smallest absolute Gasteiger partial charge is 0.105 e. The number of hydrogen-bond donors (Lipinski definition) is 0. The van der Waals surface area contributed by atoms with Crippen LogP contribution in [0.15, 0.2) is 11.8 Å². The Labute approximate surface area is 54.5 Å². The molecule has 1 unspecified atom stereocenters. The first-order valence-electron chi connectivity index (χ1n) is 3.39. The molecule has 0 N–H and O–H groups in total. The minimum atomic E-state index is 0.422. The van der Waals surface area contributed by atoms with E-state index in [9.17, 15) is 0 Å². The molecule has 0 bridgehead atoms. The Kier molecular flexibility index (Phi) is 1.19. The SMILES string of the molecule is C1=C(C2CO2)CCCO1. The van der Waals surface area contributed by atoms with Gasteiger partial charge in [-0.1, -0.05) is 0 Å². The lowest BCUT2D eigenvalue weighted by Gasteiger charge is -2.10. The molecule has 0 aliphatic carbocycles. The van der Waals surface area contributed by atoms with E-state index in [0.717, 1.165) is 19.6 Å². The van der Waals surface area contributed by atoms with Gasteiger partial charge >= 0.3 is 0 Å². The Hall–Kier alpha value is -0.500. The summed E-state index contributed by atoms with van der Waals surface area (Å²) in [4.78, 5) is 0. The molecule has 0 spiro atoms. The molecule has 2 rings (SSSR count). The lowest BCUT2D eigenvalue weighted by atomic mass is 10.1. The summed E-state index contributed by atoms with van der Waals surface area (Å²) in [7, 11) is 0. The molecule has 0 amide bonds. The Balaban J connectivity index is 1.99. The molecule has 0 aromatic heterocycles. The summed E-state index contributed by atoms with van der Waals surface area (Å²) in [5.74, 6) is 0. The second kappa shape index (κ2) is 2.03. The normalized spacial score (nSPS) is 32.9. The van der Waals surface area contributed by atoms with E-state index in [-0.39, 0.29) is 0 Å². The molecule has 0 aromatic rings. The zero-order chi connectivity index (χ0) is 6.10. The second-order valence-corrected chi connectivity index (χ2v) is 2.49. The molecule has 2 aliphatic rings. The number of epoxide rings is 1. The maximum absolute atomic E-state index is 5.14. The van der Waals surface area contributed by atoms with Crippen molar-refractivity contribution in [1.82, 2.24) is 0 Å². The first-order chi connectivity index (χ1) is 4.47. The molecule has 2 heteroatoms. The van der Waals surface area contributed by atoms with Crippen LogP contribution in [-0.2, 0) is 9.47 Å². The van der Waals surface area contributed by atoms with Crippen molar-refractivity contribution in [3.8, 4) is 0 Å². The van der Waals surface area contributed by atoms with Crippen LogP contribution in [0.25, 0.3) is 0 Å². The van der Waals surface area contributed by atoms with Crippen LogP contribution >= 0.6 is 0 Å². The molecular weight excluding hydrogens is 116 g/mol. The van der Waals surface area contributed by atoms with Crippen molar-refractivity contribution < 1.29 is 9.47 Å². The molecule has 0 saturated carbocycles. The standard InChI is InChI=1S/C7H10O2/c1-2-6(4-8-3-1)7-5-9-7/h4,7H,1-3,5H2. The molecule has 9 heavy (non-hydrogen) atoms. The van der Waals surface area contributed by atoms with E-state index < -0.39 is 0 Å². The van der Waals surface area contributed by atoms with Gasteiger partial charge in [-0.2, -0.15) is 0 Å². The van der Waals surface area contributed by atoms with E-state index in [2.05, 4.69) is 0 Å². The van der Waals surface area contributed by atoms with Gasteiger partial charge in [0.2, 0.25) is 0 Å². The van der Waals surface area contributed by atoms with Gasteiger partial charge in [0, 0.05) is 0 Å². The van der Waals surface area contributed by atoms with Crippen LogP contribution in [0.4, 0.5) is 0 Å². The fraction of sp³-hybridized carbons (Fsp3) is 0.714. The van der Waals surface area contributed by atoms with E-state index in [1.54, 1.807) is 0 Å². The third kappa shape index (κ3) is 1.08. The molecule has 2 aliphatic heterocycles. The van der Waals surface area contributed by atoms with E-state index >= 15 is 0 Å². The lowest BCUT2D eigenvalue weighted by Crippen LogP contribution is -2.03. The average molecular weight is 126 g/mol. The van der Waals surface area contributed by atoms with Gasteiger partial charge in [-0.15, -0.1) is 0 Å². The minimum absolute atomic E-state index is 0.422. The lowest BCUT2D eigenvalue weighted by molar-refractivity contribution is 0.219. The Bertz CT molecular complexity index is 136. The van der Waals surface area contributed by atoms with Crippen LogP contribution in [0.5, 0.6) is 0 Å². The van der Waals surface area contributed by atoms with Crippen molar-refractivity contribution in [1.29, 1.82) is 0 Å². The predicted octanol–water partition coefficient (Wildman–Crippen LogP) is 1.08. The fourth-order valence-corrected chi connectivity index (χ4v) is 1.08. The van der Waals surface area contributed by atoms with Crippen LogP contribution in [-0.4, -0.2) is 19.3 Å². The molecule has 2 heterocycles.